The van der Waals surface area contributed by atoms with Crippen LogP contribution in [0.15, 0.2) is 47.4 Å². The summed E-state index contributed by atoms with van der Waals surface area (Å²) in [7, 11) is -3.24. The number of sulfone groups is 1. The fourth-order valence-corrected chi connectivity index (χ4v) is 3.37. The normalized spacial score (nSPS) is 13.7. The summed E-state index contributed by atoms with van der Waals surface area (Å²) in [5, 5.41) is 2.98. The lowest BCUT2D eigenvalue weighted by molar-refractivity contribution is -0.128. The Morgan fingerprint density at radius 3 is 2.30 bits per heavy atom. The van der Waals surface area contributed by atoms with Gasteiger partial charge in [-0.1, -0.05) is 31.2 Å². The molecule has 0 aliphatic carbocycles. The zero-order valence-electron chi connectivity index (χ0n) is 16.4. The maximum absolute atomic E-state index is 12.6. The average Bonchev–Trinajstić information content (AvgIpc) is 2.61. The van der Waals surface area contributed by atoms with Crippen molar-refractivity contribution >= 4 is 15.7 Å². The minimum Gasteiger partial charge on any atom is -0.481 e. The topological polar surface area (TPSA) is 72.5 Å². The van der Waals surface area contributed by atoms with Gasteiger partial charge in [0.25, 0.3) is 5.91 Å². The van der Waals surface area contributed by atoms with Crippen LogP contribution < -0.4 is 10.1 Å². The molecule has 0 radical (unpaired) electrons. The molecular formula is C21H27NO4S. The van der Waals surface area contributed by atoms with Gasteiger partial charge in [0.2, 0.25) is 0 Å². The van der Waals surface area contributed by atoms with Gasteiger partial charge in [-0.25, -0.2) is 8.42 Å². The molecule has 2 atom stereocenters. The Kier molecular flexibility index (Phi) is 6.65. The molecule has 2 aromatic carbocycles. The van der Waals surface area contributed by atoms with E-state index in [-0.39, 0.29) is 16.8 Å². The van der Waals surface area contributed by atoms with Crippen molar-refractivity contribution < 1.29 is 17.9 Å². The van der Waals surface area contributed by atoms with Crippen LogP contribution in [0.25, 0.3) is 0 Å². The number of hydrogen-bond donors (Lipinski definition) is 1. The lowest BCUT2D eigenvalue weighted by atomic mass is 10.0. The van der Waals surface area contributed by atoms with Crippen LogP contribution in [0, 0.1) is 13.8 Å². The van der Waals surface area contributed by atoms with Gasteiger partial charge in [0.05, 0.1) is 10.9 Å². The molecule has 0 unspecified atom stereocenters. The largest absolute Gasteiger partial charge is 0.481 e. The molecule has 27 heavy (non-hydrogen) atoms. The number of ether oxygens (including phenoxy) is 1. The highest BCUT2D eigenvalue weighted by molar-refractivity contribution is 7.90. The van der Waals surface area contributed by atoms with Crippen molar-refractivity contribution in [2.75, 3.05) is 6.26 Å². The van der Waals surface area contributed by atoms with Gasteiger partial charge in [0, 0.05) is 6.26 Å². The van der Waals surface area contributed by atoms with Crippen LogP contribution in [-0.2, 0) is 14.6 Å². The summed E-state index contributed by atoms with van der Waals surface area (Å²) in [5.41, 5.74) is 2.90. The van der Waals surface area contributed by atoms with E-state index in [9.17, 15) is 13.2 Å². The molecule has 0 heterocycles. The van der Waals surface area contributed by atoms with E-state index in [1.807, 2.05) is 39.0 Å². The Morgan fingerprint density at radius 2 is 1.74 bits per heavy atom. The molecule has 0 saturated carbocycles. The lowest BCUT2D eigenvalue weighted by Crippen LogP contribution is -2.38. The predicted molar refractivity (Wildman–Crippen MR) is 107 cm³/mol. The summed E-state index contributed by atoms with van der Waals surface area (Å²) in [5.74, 6) is 0.484. The summed E-state index contributed by atoms with van der Waals surface area (Å²) in [6.45, 7) is 7.60. The van der Waals surface area contributed by atoms with E-state index in [0.717, 1.165) is 16.7 Å². The minimum absolute atomic E-state index is 0.212. The number of hydrogen-bond acceptors (Lipinski definition) is 4. The first-order chi connectivity index (χ1) is 12.6. The molecule has 146 valence electrons. The van der Waals surface area contributed by atoms with E-state index < -0.39 is 15.9 Å². The molecule has 2 rings (SSSR count). The average molecular weight is 390 g/mol. The van der Waals surface area contributed by atoms with Gasteiger partial charge in [-0.05, 0) is 62.1 Å². The molecule has 0 bridgehead atoms. The zero-order chi connectivity index (χ0) is 20.2. The first-order valence-electron chi connectivity index (χ1n) is 8.96. The Bertz CT molecular complexity index is 904. The van der Waals surface area contributed by atoms with Crippen molar-refractivity contribution in [3.63, 3.8) is 0 Å². The third kappa shape index (κ3) is 5.57. The van der Waals surface area contributed by atoms with Crippen molar-refractivity contribution in [3.8, 4) is 5.75 Å². The fraction of sp³-hybridized carbons (Fsp3) is 0.381. The third-order valence-electron chi connectivity index (χ3n) is 4.45. The van der Waals surface area contributed by atoms with Crippen LogP contribution in [0.5, 0.6) is 5.75 Å². The number of rotatable bonds is 7. The first-order valence-corrected chi connectivity index (χ1v) is 10.8. The molecular weight excluding hydrogens is 362 g/mol. The molecule has 0 aliphatic rings. The second-order valence-electron chi connectivity index (χ2n) is 6.84. The smallest absolute Gasteiger partial charge is 0.261 e. The number of benzene rings is 2. The summed E-state index contributed by atoms with van der Waals surface area (Å²) < 4.78 is 29.0. The number of carbonyl (C=O) groups is 1. The third-order valence-corrected chi connectivity index (χ3v) is 5.58. The molecule has 5 nitrogen and oxygen atoms in total. The standard InChI is InChI=1S/C21H27NO4S/c1-6-19(17-9-11-18(12-10-17)27(5,24)25)22-21(23)16(4)26-20-13-14(2)7-8-15(20)3/h7-13,16,19H,6H2,1-5H3,(H,22,23)/t16-,19-/m1/s1. The summed E-state index contributed by atoms with van der Waals surface area (Å²) in [4.78, 5) is 12.8. The number of nitrogens with one attached hydrogen (secondary N) is 1. The van der Waals surface area contributed by atoms with Gasteiger partial charge in [-0.2, -0.15) is 0 Å². The summed E-state index contributed by atoms with van der Waals surface area (Å²) in [6, 6.07) is 12.3. The molecule has 0 spiro atoms. The first kappa shape index (κ1) is 21.0. The Labute approximate surface area is 161 Å². The van der Waals surface area contributed by atoms with Gasteiger partial charge in [0.1, 0.15) is 5.75 Å². The SMILES string of the molecule is CC[C@@H](NC(=O)[C@@H](C)Oc1cc(C)ccc1C)c1ccc(S(C)(=O)=O)cc1. The Hall–Kier alpha value is -2.34. The second-order valence-corrected chi connectivity index (χ2v) is 8.86. The number of amides is 1. The fourth-order valence-electron chi connectivity index (χ4n) is 2.74. The molecule has 0 aliphatic heterocycles. The molecule has 1 N–H and O–H groups in total. The van der Waals surface area contributed by atoms with Crippen molar-refractivity contribution in [1.29, 1.82) is 0 Å². The van der Waals surface area contributed by atoms with E-state index in [0.29, 0.717) is 12.2 Å². The van der Waals surface area contributed by atoms with Crippen LogP contribution in [0.1, 0.15) is 43.0 Å². The van der Waals surface area contributed by atoms with Crippen LogP contribution in [0.4, 0.5) is 0 Å². The molecule has 0 saturated heterocycles. The van der Waals surface area contributed by atoms with E-state index >= 15 is 0 Å². The quantitative estimate of drug-likeness (QED) is 0.783. The summed E-state index contributed by atoms with van der Waals surface area (Å²) >= 11 is 0. The zero-order valence-corrected chi connectivity index (χ0v) is 17.3. The van der Waals surface area contributed by atoms with Gasteiger partial charge >= 0.3 is 0 Å². The lowest BCUT2D eigenvalue weighted by Gasteiger charge is -2.22. The monoisotopic (exact) mass is 389 g/mol. The van der Waals surface area contributed by atoms with E-state index in [1.165, 1.54) is 6.26 Å². The number of carbonyl (C=O) groups excluding carboxylic acids is 1. The van der Waals surface area contributed by atoms with Crippen LogP contribution in [0.2, 0.25) is 0 Å². The van der Waals surface area contributed by atoms with Crippen molar-refractivity contribution in [2.24, 2.45) is 0 Å². The van der Waals surface area contributed by atoms with Gasteiger partial charge in [-0.15, -0.1) is 0 Å². The summed E-state index contributed by atoms with van der Waals surface area (Å²) in [6.07, 6.45) is 1.21. The molecule has 6 heteroatoms. The Morgan fingerprint density at radius 1 is 1.11 bits per heavy atom. The number of aryl methyl sites for hydroxylation is 2. The van der Waals surface area contributed by atoms with Crippen LogP contribution >= 0.6 is 0 Å². The molecule has 0 aromatic heterocycles. The van der Waals surface area contributed by atoms with Gasteiger partial charge in [0.15, 0.2) is 15.9 Å². The Balaban J connectivity index is 2.08. The predicted octanol–water partition coefficient (Wildman–Crippen LogP) is 3.74. The second kappa shape index (κ2) is 8.57. The van der Waals surface area contributed by atoms with E-state index in [4.69, 9.17) is 4.74 Å². The van der Waals surface area contributed by atoms with Crippen LogP contribution in [-0.4, -0.2) is 26.7 Å². The minimum atomic E-state index is -3.24. The van der Waals surface area contributed by atoms with Crippen molar-refractivity contribution in [2.45, 2.75) is 51.2 Å². The van der Waals surface area contributed by atoms with Gasteiger partial charge < -0.3 is 10.1 Å². The maximum atomic E-state index is 12.6. The van der Waals surface area contributed by atoms with Crippen molar-refractivity contribution in [1.82, 2.24) is 5.32 Å². The van der Waals surface area contributed by atoms with Crippen LogP contribution in [0.3, 0.4) is 0 Å². The van der Waals surface area contributed by atoms with E-state index in [1.54, 1.807) is 31.2 Å². The highest BCUT2D eigenvalue weighted by Crippen LogP contribution is 2.22. The van der Waals surface area contributed by atoms with Gasteiger partial charge in [-0.3, -0.25) is 4.79 Å². The maximum Gasteiger partial charge on any atom is 0.261 e. The molecule has 1 amide bonds. The highest BCUT2D eigenvalue weighted by atomic mass is 32.2. The molecule has 2 aromatic rings. The highest BCUT2D eigenvalue weighted by Gasteiger charge is 2.20. The van der Waals surface area contributed by atoms with E-state index in [2.05, 4.69) is 5.32 Å². The van der Waals surface area contributed by atoms with Crippen molar-refractivity contribution in [3.05, 3.63) is 59.2 Å². The molecule has 0 fully saturated rings.